The lowest BCUT2D eigenvalue weighted by Gasteiger charge is -2.28. The summed E-state index contributed by atoms with van der Waals surface area (Å²) in [5.41, 5.74) is 8.06. The van der Waals surface area contributed by atoms with Gasteiger partial charge in [-0.15, -0.1) is 0 Å². The molecule has 2 aliphatic rings. The molecule has 164 valence electrons. The Morgan fingerprint density at radius 2 is 1.94 bits per heavy atom. The number of hydrogen-bond acceptors (Lipinski definition) is 2. The molecular formula is C29H38N2. The number of allylic oxidation sites excluding steroid dienone is 1. The Balaban J connectivity index is 1.65. The quantitative estimate of drug-likeness (QED) is 0.434. The molecule has 2 unspecified atom stereocenters. The van der Waals surface area contributed by atoms with E-state index in [0.29, 0.717) is 0 Å². The van der Waals surface area contributed by atoms with Gasteiger partial charge in [0.1, 0.15) is 0 Å². The highest BCUT2D eigenvalue weighted by Gasteiger charge is 2.40. The highest BCUT2D eigenvalue weighted by molar-refractivity contribution is 6.05. The van der Waals surface area contributed by atoms with Crippen LogP contribution in [0.2, 0.25) is 0 Å². The number of rotatable bonds is 7. The maximum Gasteiger partial charge on any atom is 0.0448 e. The summed E-state index contributed by atoms with van der Waals surface area (Å²) in [4.78, 5) is 7.65. The summed E-state index contributed by atoms with van der Waals surface area (Å²) in [6.07, 6.45) is 9.66. The molecule has 0 spiro atoms. The lowest BCUT2D eigenvalue weighted by Crippen LogP contribution is -2.30. The fourth-order valence-electron chi connectivity index (χ4n) is 5.77. The van der Waals surface area contributed by atoms with Crippen LogP contribution in [0.25, 0.3) is 6.08 Å². The molecule has 2 atom stereocenters. The summed E-state index contributed by atoms with van der Waals surface area (Å²) in [7, 11) is 0. The topological polar surface area (TPSA) is 15.6 Å². The van der Waals surface area contributed by atoms with E-state index in [0.717, 1.165) is 37.2 Å². The van der Waals surface area contributed by atoms with Crippen molar-refractivity contribution in [2.75, 3.05) is 18.0 Å². The van der Waals surface area contributed by atoms with Crippen molar-refractivity contribution in [2.24, 2.45) is 4.99 Å². The van der Waals surface area contributed by atoms with E-state index in [4.69, 9.17) is 4.99 Å². The van der Waals surface area contributed by atoms with Crippen LogP contribution in [-0.2, 0) is 5.41 Å². The zero-order valence-electron chi connectivity index (χ0n) is 20.0. The number of nitrogens with zero attached hydrogens (tertiary/aromatic N) is 2. The molecule has 1 heterocycles. The van der Waals surface area contributed by atoms with Gasteiger partial charge in [0.15, 0.2) is 0 Å². The summed E-state index contributed by atoms with van der Waals surface area (Å²) in [5, 5.41) is 0. The molecule has 2 aromatic rings. The van der Waals surface area contributed by atoms with Gasteiger partial charge in [-0.25, -0.2) is 0 Å². The third-order valence-electron chi connectivity index (χ3n) is 7.38. The van der Waals surface area contributed by atoms with Crippen LogP contribution in [0.5, 0.6) is 0 Å². The number of aryl methyl sites for hydroxylation is 1. The maximum atomic E-state index is 5.02. The summed E-state index contributed by atoms with van der Waals surface area (Å²) >= 11 is 0. The molecule has 1 aliphatic carbocycles. The number of likely N-dealkylation sites (N-methyl/N-ethyl adjacent to an activating group) is 1. The number of anilines is 1. The lowest BCUT2D eigenvalue weighted by atomic mass is 9.77. The second kappa shape index (κ2) is 9.02. The number of fused-ring (bicyclic) bond motifs is 3. The largest absolute Gasteiger partial charge is 0.368 e. The van der Waals surface area contributed by atoms with E-state index in [-0.39, 0.29) is 5.41 Å². The predicted molar refractivity (Wildman–Crippen MR) is 136 cm³/mol. The molecule has 1 aliphatic heterocycles. The number of benzene rings is 2. The first-order valence-electron chi connectivity index (χ1n) is 12.2. The van der Waals surface area contributed by atoms with Crippen molar-refractivity contribution in [1.82, 2.24) is 0 Å². The Labute approximate surface area is 189 Å². The molecule has 0 radical (unpaired) electrons. The van der Waals surface area contributed by atoms with Crippen LogP contribution in [0.15, 0.2) is 53.5 Å². The minimum atomic E-state index is -0.122. The zero-order chi connectivity index (χ0) is 22.0. The first-order valence-corrected chi connectivity index (χ1v) is 12.2. The highest BCUT2D eigenvalue weighted by atomic mass is 15.2. The van der Waals surface area contributed by atoms with E-state index in [9.17, 15) is 0 Å². The fourth-order valence-corrected chi connectivity index (χ4v) is 5.77. The molecule has 0 aromatic heterocycles. The van der Waals surface area contributed by atoms with Crippen LogP contribution in [0.1, 0.15) is 81.5 Å². The molecule has 2 aromatic carbocycles. The molecule has 2 heteroatoms. The standard InChI is InChI=1S/C29H38N2/c1-6-19-30-28(29(4,5)25-13-9-8-11-21(25)3)18-16-22-15-17-27-24(20-22)23-12-10-14-26(23)31(27)7-2/h8-9,11,13,15-18,20,23,26H,6-7,10,12,14,19H2,1-5H3/b18-16+,30-28+. The van der Waals surface area contributed by atoms with Gasteiger partial charge in [0.05, 0.1) is 0 Å². The van der Waals surface area contributed by atoms with E-state index < -0.39 is 0 Å². The van der Waals surface area contributed by atoms with Gasteiger partial charge in [-0.05, 0) is 73.6 Å². The van der Waals surface area contributed by atoms with Crippen LogP contribution >= 0.6 is 0 Å². The van der Waals surface area contributed by atoms with Gasteiger partial charge in [-0.3, -0.25) is 4.99 Å². The first kappa shape index (κ1) is 21.9. The summed E-state index contributed by atoms with van der Waals surface area (Å²) in [5.74, 6) is 0.722. The number of hydrogen-bond donors (Lipinski definition) is 0. The van der Waals surface area contributed by atoms with E-state index in [1.165, 1.54) is 41.6 Å². The second-order valence-electron chi connectivity index (χ2n) is 9.75. The van der Waals surface area contributed by atoms with Crippen LogP contribution < -0.4 is 4.90 Å². The van der Waals surface area contributed by atoms with Gasteiger partial charge in [-0.2, -0.15) is 0 Å². The second-order valence-corrected chi connectivity index (χ2v) is 9.75. The monoisotopic (exact) mass is 414 g/mol. The van der Waals surface area contributed by atoms with Crippen molar-refractivity contribution in [1.29, 1.82) is 0 Å². The van der Waals surface area contributed by atoms with Gasteiger partial charge < -0.3 is 4.90 Å². The van der Waals surface area contributed by atoms with Crippen LogP contribution in [-0.4, -0.2) is 24.8 Å². The average Bonchev–Trinajstić information content (AvgIpc) is 3.34. The fraction of sp³-hybridized carbons (Fsp3) is 0.483. The average molecular weight is 415 g/mol. The molecule has 1 saturated carbocycles. The third kappa shape index (κ3) is 4.10. The minimum Gasteiger partial charge on any atom is -0.368 e. The molecule has 1 fully saturated rings. The van der Waals surface area contributed by atoms with Gasteiger partial charge in [0, 0.05) is 41.9 Å². The van der Waals surface area contributed by atoms with E-state index in [2.05, 4.69) is 94.1 Å². The molecule has 0 saturated heterocycles. The zero-order valence-corrected chi connectivity index (χ0v) is 20.0. The van der Waals surface area contributed by atoms with Crippen molar-refractivity contribution >= 4 is 17.5 Å². The molecular weight excluding hydrogens is 376 g/mol. The SMILES string of the molecule is CCC/N=C(\C=C\c1ccc2c(c1)C1CCCC1N2CC)C(C)(C)c1ccccc1C. The minimum absolute atomic E-state index is 0.122. The van der Waals surface area contributed by atoms with Crippen molar-refractivity contribution in [3.63, 3.8) is 0 Å². The maximum absolute atomic E-state index is 5.02. The Morgan fingerprint density at radius 3 is 2.68 bits per heavy atom. The van der Waals surface area contributed by atoms with Crippen molar-refractivity contribution < 1.29 is 0 Å². The smallest absolute Gasteiger partial charge is 0.0448 e. The van der Waals surface area contributed by atoms with Gasteiger partial charge in [0.25, 0.3) is 0 Å². The Morgan fingerprint density at radius 1 is 1.13 bits per heavy atom. The normalized spacial score (nSPS) is 21.1. The van der Waals surface area contributed by atoms with E-state index in [1.54, 1.807) is 5.56 Å². The summed E-state index contributed by atoms with van der Waals surface area (Å²) < 4.78 is 0. The lowest BCUT2D eigenvalue weighted by molar-refractivity contribution is 0.601. The molecule has 2 nitrogen and oxygen atoms in total. The highest BCUT2D eigenvalue weighted by Crippen LogP contribution is 2.49. The van der Waals surface area contributed by atoms with Crippen LogP contribution in [0.4, 0.5) is 5.69 Å². The number of aliphatic imine (C=N–C) groups is 1. The van der Waals surface area contributed by atoms with Crippen LogP contribution in [0, 0.1) is 6.92 Å². The van der Waals surface area contributed by atoms with E-state index >= 15 is 0 Å². The first-order chi connectivity index (χ1) is 15.0. The van der Waals surface area contributed by atoms with Crippen molar-refractivity contribution in [2.45, 2.75) is 77.7 Å². The third-order valence-corrected chi connectivity index (χ3v) is 7.38. The molecule has 31 heavy (non-hydrogen) atoms. The summed E-state index contributed by atoms with van der Waals surface area (Å²) in [6, 6.07) is 16.5. The van der Waals surface area contributed by atoms with Crippen LogP contribution in [0.3, 0.4) is 0 Å². The molecule has 0 amide bonds. The van der Waals surface area contributed by atoms with Gasteiger partial charge in [-0.1, -0.05) is 63.6 Å². The van der Waals surface area contributed by atoms with Crippen molar-refractivity contribution in [3.8, 4) is 0 Å². The van der Waals surface area contributed by atoms with Crippen molar-refractivity contribution in [3.05, 3.63) is 70.8 Å². The van der Waals surface area contributed by atoms with Gasteiger partial charge >= 0.3 is 0 Å². The predicted octanol–water partition coefficient (Wildman–Crippen LogP) is 7.31. The molecule has 4 rings (SSSR count). The summed E-state index contributed by atoms with van der Waals surface area (Å²) in [6.45, 7) is 13.3. The van der Waals surface area contributed by atoms with E-state index in [1.807, 2.05) is 0 Å². The Kier molecular flexibility index (Phi) is 6.36. The molecule has 0 bridgehead atoms. The molecule has 0 N–H and O–H groups in total. The van der Waals surface area contributed by atoms with Gasteiger partial charge in [0.2, 0.25) is 0 Å². The Bertz CT molecular complexity index is 982. The Hall–Kier alpha value is -2.35.